The third-order valence-electron chi connectivity index (χ3n) is 2.68. The smallest absolute Gasteiger partial charge is 0.296 e. The molecular weight excluding hydrogens is 272 g/mol. The maximum Gasteiger partial charge on any atom is 0.296 e. The van der Waals surface area contributed by atoms with Crippen LogP contribution in [0.1, 0.15) is 11.5 Å². The number of para-hydroxylation sites is 1. The van der Waals surface area contributed by atoms with Crippen LogP contribution in [0.25, 0.3) is 11.7 Å². The Labute approximate surface area is 120 Å². The van der Waals surface area contributed by atoms with Gasteiger partial charge < -0.3 is 14.4 Å². The van der Waals surface area contributed by atoms with Crippen molar-refractivity contribution in [1.82, 2.24) is 15.3 Å². The van der Waals surface area contributed by atoms with Gasteiger partial charge in [0.15, 0.2) is 5.82 Å². The molecule has 0 aliphatic heterocycles. The second-order valence-corrected chi connectivity index (χ2v) is 4.44. The first kappa shape index (κ1) is 13.0. The number of aryl methyl sites for hydroxylation is 1. The van der Waals surface area contributed by atoms with Gasteiger partial charge in [-0.05, 0) is 19.1 Å². The van der Waals surface area contributed by atoms with Crippen molar-refractivity contribution in [3.63, 3.8) is 0 Å². The molecule has 3 aromatic rings. The van der Waals surface area contributed by atoms with Crippen molar-refractivity contribution in [3.05, 3.63) is 47.9 Å². The van der Waals surface area contributed by atoms with Gasteiger partial charge in [-0.2, -0.15) is 4.98 Å². The highest BCUT2D eigenvalue weighted by Crippen LogP contribution is 2.18. The van der Waals surface area contributed by atoms with Crippen LogP contribution in [0.5, 0.6) is 0 Å². The van der Waals surface area contributed by atoms with Crippen LogP contribution in [-0.4, -0.2) is 21.2 Å². The van der Waals surface area contributed by atoms with E-state index in [4.69, 9.17) is 9.05 Å². The first-order valence-corrected chi connectivity index (χ1v) is 6.32. The normalized spacial score (nSPS) is 10.5. The first-order chi connectivity index (χ1) is 10.2. The zero-order valence-corrected chi connectivity index (χ0v) is 11.2. The molecule has 0 unspecified atom stereocenters. The summed E-state index contributed by atoms with van der Waals surface area (Å²) < 4.78 is 10.1. The van der Waals surface area contributed by atoms with Gasteiger partial charge in [-0.15, -0.1) is 0 Å². The number of hydrogen-bond acceptors (Lipinski definition) is 6. The molecule has 3 rings (SSSR count). The molecule has 2 heterocycles. The molecule has 0 bridgehead atoms. The molecule has 1 aromatic carbocycles. The standard InChI is InChI=1S/C14H12N4O3/c1-9-7-11(20-17-9)14-16-12(18-21-14)8-13(19)15-10-5-3-2-4-6-10/h2-7H,8H2,1H3,(H,15,19). The van der Waals surface area contributed by atoms with E-state index >= 15 is 0 Å². The van der Waals surface area contributed by atoms with Gasteiger partial charge in [0, 0.05) is 11.8 Å². The Hall–Kier alpha value is -2.96. The average Bonchev–Trinajstić information content (AvgIpc) is 3.09. The van der Waals surface area contributed by atoms with Crippen molar-refractivity contribution < 1.29 is 13.8 Å². The Balaban J connectivity index is 1.66. The molecule has 0 radical (unpaired) electrons. The zero-order valence-electron chi connectivity index (χ0n) is 11.2. The van der Waals surface area contributed by atoms with E-state index in [-0.39, 0.29) is 24.0 Å². The van der Waals surface area contributed by atoms with Crippen LogP contribution in [-0.2, 0) is 11.2 Å². The number of carbonyl (C=O) groups excluding carboxylic acids is 1. The predicted octanol–water partition coefficient (Wildman–Crippen LogP) is 2.21. The Morgan fingerprint density at radius 3 is 2.71 bits per heavy atom. The average molecular weight is 284 g/mol. The third kappa shape index (κ3) is 3.14. The van der Waals surface area contributed by atoms with Crippen molar-refractivity contribution in [3.8, 4) is 11.7 Å². The summed E-state index contributed by atoms with van der Waals surface area (Å²) in [7, 11) is 0. The zero-order chi connectivity index (χ0) is 14.7. The van der Waals surface area contributed by atoms with Gasteiger partial charge in [0.1, 0.15) is 0 Å². The van der Waals surface area contributed by atoms with Crippen LogP contribution in [0, 0.1) is 6.92 Å². The Morgan fingerprint density at radius 2 is 2.00 bits per heavy atom. The maximum atomic E-state index is 11.9. The number of hydrogen-bond donors (Lipinski definition) is 1. The summed E-state index contributed by atoms with van der Waals surface area (Å²) in [6.45, 7) is 1.79. The van der Waals surface area contributed by atoms with E-state index in [0.29, 0.717) is 11.5 Å². The van der Waals surface area contributed by atoms with Gasteiger partial charge in [-0.25, -0.2) is 0 Å². The lowest BCUT2D eigenvalue weighted by molar-refractivity contribution is -0.115. The van der Waals surface area contributed by atoms with Gasteiger partial charge in [0.25, 0.3) is 5.89 Å². The molecule has 7 nitrogen and oxygen atoms in total. The number of aromatic nitrogens is 3. The highest BCUT2D eigenvalue weighted by atomic mass is 16.5. The first-order valence-electron chi connectivity index (χ1n) is 6.32. The van der Waals surface area contributed by atoms with E-state index in [2.05, 4.69) is 20.6 Å². The quantitative estimate of drug-likeness (QED) is 0.789. The minimum absolute atomic E-state index is 0.0194. The number of nitrogens with one attached hydrogen (secondary N) is 1. The van der Waals surface area contributed by atoms with Crippen LogP contribution in [0.4, 0.5) is 5.69 Å². The summed E-state index contributed by atoms with van der Waals surface area (Å²) in [5, 5.41) is 10.2. The number of anilines is 1. The summed E-state index contributed by atoms with van der Waals surface area (Å²) >= 11 is 0. The maximum absolute atomic E-state index is 11.9. The van der Waals surface area contributed by atoms with Gasteiger partial charge in [-0.3, -0.25) is 4.79 Å². The van der Waals surface area contributed by atoms with E-state index in [0.717, 1.165) is 5.69 Å². The molecule has 0 atom stereocenters. The van der Waals surface area contributed by atoms with Crippen LogP contribution in [0.2, 0.25) is 0 Å². The van der Waals surface area contributed by atoms with Crippen molar-refractivity contribution >= 4 is 11.6 Å². The van der Waals surface area contributed by atoms with Crippen LogP contribution in [0.3, 0.4) is 0 Å². The fraction of sp³-hybridized carbons (Fsp3) is 0.143. The molecule has 1 amide bonds. The number of nitrogens with zero attached hydrogens (tertiary/aromatic N) is 3. The third-order valence-corrected chi connectivity index (χ3v) is 2.68. The van der Waals surface area contributed by atoms with Gasteiger partial charge in [0.2, 0.25) is 11.7 Å². The van der Waals surface area contributed by atoms with Crippen molar-refractivity contribution in [2.75, 3.05) is 5.32 Å². The topological polar surface area (TPSA) is 94.1 Å². The second kappa shape index (κ2) is 5.58. The largest absolute Gasteiger partial charge is 0.351 e. The number of rotatable bonds is 4. The minimum Gasteiger partial charge on any atom is -0.351 e. The summed E-state index contributed by atoms with van der Waals surface area (Å²) in [4.78, 5) is 16.0. The SMILES string of the molecule is Cc1cc(-c2nc(CC(=O)Nc3ccccc3)no2)on1. The van der Waals surface area contributed by atoms with Crippen LogP contribution >= 0.6 is 0 Å². The number of benzene rings is 1. The molecule has 0 saturated heterocycles. The van der Waals surface area contributed by atoms with Gasteiger partial charge >= 0.3 is 0 Å². The molecule has 2 aromatic heterocycles. The number of carbonyl (C=O) groups is 1. The fourth-order valence-corrected chi connectivity index (χ4v) is 1.76. The van der Waals surface area contributed by atoms with Gasteiger partial charge in [-0.1, -0.05) is 28.5 Å². The van der Waals surface area contributed by atoms with Gasteiger partial charge in [0.05, 0.1) is 12.1 Å². The van der Waals surface area contributed by atoms with Crippen LogP contribution in [0.15, 0.2) is 45.4 Å². The molecule has 21 heavy (non-hydrogen) atoms. The Kier molecular flexibility index (Phi) is 3.46. The molecule has 1 N–H and O–H groups in total. The van der Waals surface area contributed by atoms with E-state index in [1.807, 2.05) is 18.2 Å². The summed E-state index contributed by atoms with van der Waals surface area (Å²) in [5.74, 6) is 0.655. The predicted molar refractivity (Wildman–Crippen MR) is 73.3 cm³/mol. The highest BCUT2D eigenvalue weighted by molar-refractivity contribution is 5.91. The Bertz CT molecular complexity index is 748. The van der Waals surface area contributed by atoms with Crippen molar-refractivity contribution in [2.24, 2.45) is 0 Å². The van der Waals surface area contributed by atoms with Crippen molar-refractivity contribution in [2.45, 2.75) is 13.3 Å². The van der Waals surface area contributed by atoms with E-state index in [9.17, 15) is 4.79 Å². The molecule has 0 aliphatic rings. The lowest BCUT2D eigenvalue weighted by atomic mass is 10.3. The molecule has 7 heteroatoms. The number of amides is 1. The summed E-state index contributed by atoms with van der Waals surface area (Å²) in [5.41, 5.74) is 1.43. The Morgan fingerprint density at radius 1 is 1.19 bits per heavy atom. The minimum atomic E-state index is -0.220. The molecule has 0 spiro atoms. The lowest BCUT2D eigenvalue weighted by Gasteiger charge is -2.01. The fourth-order valence-electron chi connectivity index (χ4n) is 1.76. The second-order valence-electron chi connectivity index (χ2n) is 4.44. The molecule has 0 saturated carbocycles. The molecular formula is C14H12N4O3. The van der Waals surface area contributed by atoms with E-state index in [1.165, 1.54) is 0 Å². The molecule has 106 valence electrons. The summed E-state index contributed by atoms with van der Waals surface area (Å²) in [6, 6.07) is 10.8. The highest BCUT2D eigenvalue weighted by Gasteiger charge is 2.15. The van der Waals surface area contributed by atoms with Crippen molar-refractivity contribution in [1.29, 1.82) is 0 Å². The molecule has 0 fully saturated rings. The molecule has 0 aliphatic carbocycles. The van der Waals surface area contributed by atoms with Crippen LogP contribution < -0.4 is 5.32 Å². The summed E-state index contributed by atoms with van der Waals surface area (Å²) in [6.07, 6.45) is 0.0194. The monoisotopic (exact) mass is 284 g/mol. The lowest BCUT2D eigenvalue weighted by Crippen LogP contribution is -2.15. The van der Waals surface area contributed by atoms with E-state index < -0.39 is 0 Å². The van der Waals surface area contributed by atoms with E-state index in [1.54, 1.807) is 25.1 Å².